The van der Waals surface area contributed by atoms with Crippen LogP contribution in [0.25, 0.3) is 0 Å². The predicted octanol–water partition coefficient (Wildman–Crippen LogP) is 4.59. The summed E-state index contributed by atoms with van der Waals surface area (Å²) in [6, 6.07) is 13.6. The lowest BCUT2D eigenvalue weighted by Gasteiger charge is -2.32. The number of carbonyl (C=O) groups excluding carboxylic acids is 1. The molecular weight excluding hydrogens is 564 g/mol. The first-order valence-corrected chi connectivity index (χ1v) is 15.3. The number of amides is 1. The van der Waals surface area contributed by atoms with Crippen molar-refractivity contribution in [1.29, 1.82) is 0 Å². The molecule has 0 saturated carbocycles. The van der Waals surface area contributed by atoms with Crippen molar-refractivity contribution in [2.75, 3.05) is 43.9 Å². The third-order valence-corrected chi connectivity index (χ3v) is 7.85. The van der Waals surface area contributed by atoms with Crippen LogP contribution < -0.4 is 10.6 Å². The van der Waals surface area contributed by atoms with Crippen molar-refractivity contribution in [2.24, 2.45) is 0 Å². The first kappa shape index (κ1) is 31.9. The number of hydrogen-bond acceptors (Lipinski definition) is 8. The van der Waals surface area contributed by atoms with Gasteiger partial charge in [-0.1, -0.05) is 30.0 Å². The fourth-order valence-corrected chi connectivity index (χ4v) is 4.92. The van der Waals surface area contributed by atoms with Crippen LogP contribution in [0.1, 0.15) is 58.6 Å². The second-order valence-corrected chi connectivity index (χ2v) is 12.4. The molecule has 10 nitrogen and oxygen atoms in total. The summed E-state index contributed by atoms with van der Waals surface area (Å²) in [5.41, 5.74) is 5.81. The highest BCUT2D eigenvalue weighted by molar-refractivity contribution is 6.04. The molecule has 1 amide bonds. The van der Waals surface area contributed by atoms with E-state index in [0.717, 1.165) is 60.9 Å². The number of likely N-dealkylation sites (N-methyl/N-ethyl adjacent to an activating group) is 1. The highest BCUT2D eigenvalue weighted by Gasteiger charge is 2.15. The molecule has 45 heavy (non-hydrogen) atoms. The number of benzene rings is 2. The van der Waals surface area contributed by atoms with Crippen molar-refractivity contribution in [3.8, 4) is 11.8 Å². The lowest BCUT2D eigenvalue weighted by molar-refractivity contribution is 0.0650. The molecule has 2 aromatic carbocycles. The van der Waals surface area contributed by atoms with Gasteiger partial charge in [0.1, 0.15) is 0 Å². The average molecular weight is 607 g/mol. The van der Waals surface area contributed by atoms with Crippen molar-refractivity contribution < 1.29 is 9.90 Å². The van der Waals surface area contributed by atoms with Gasteiger partial charge in [0.2, 0.25) is 5.95 Å². The zero-order valence-corrected chi connectivity index (χ0v) is 26.8. The van der Waals surface area contributed by atoms with Gasteiger partial charge in [-0.3, -0.25) is 14.4 Å². The Morgan fingerprint density at radius 2 is 1.71 bits per heavy atom. The van der Waals surface area contributed by atoms with Gasteiger partial charge in [-0.15, -0.1) is 0 Å². The first-order valence-electron chi connectivity index (χ1n) is 15.3. The van der Waals surface area contributed by atoms with Crippen LogP contribution in [-0.2, 0) is 13.1 Å². The minimum absolute atomic E-state index is 0.178. The minimum Gasteiger partial charge on any atom is -0.390 e. The van der Waals surface area contributed by atoms with E-state index in [4.69, 9.17) is 0 Å². The molecule has 4 aromatic rings. The van der Waals surface area contributed by atoms with Gasteiger partial charge >= 0.3 is 0 Å². The SMILES string of the molecule is Cc1ccc(C(=O)Nc2ccc(CN3CCN(C)CC3)cc2)cc1C#Cc1cnc(Nc2cn(CCC(C)(C)O)nc2C)nc1. The van der Waals surface area contributed by atoms with Crippen molar-refractivity contribution in [3.05, 3.63) is 94.6 Å². The molecule has 0 unspecified atom stereocenters. The van der Waals surface area contributed by atoms with Crippen LogP contribution in [0.3, 0.4) is 0 Å². The van der Waals surface area contributed by atoms with Gasteiger partial charge in [-0.2, -0.15) is 5.10 Å². The molecule has 1 saturated heterocycles. The molecule has 234 valence electrons. The van der Waals surface area contributed by atoms with Crippen LogP contribution in [0.2, 0.25) is 0 Å². The summed E-state index contributed by atoms with van der Waals surface area (Å²) >= 11 is 0. The van der Waals surface area contributed by atoms with Crippen LogP contribution in [0.4, 0.5) is 17.3 Å². The van der Waals surface area contributed by atoms with E-state index in [1.165, 1.54) is 5.56 Å². The predicted molar refractivity (Wildman–Crippen MR) is 178 cm³/mol. The van der Waals surface area contributed by atoms with E-state index in [1.54, 1.807) is 30.9 Å². The molecule has 0 aliphatic carbocycles. The highest BCUT2D eigenvalue weighted by atomic mass is 16.3. The summed E-state index contributed by atoms with van der Waals surface area (Å²) in [7, 11) is 2.16. The molecule has 10 heteroatoms. The number of aliphatic hydroxyl groups is 1. The number of rotatable bonds is 9. The highest BCUT2D eigenvalue weighted by Crippen LogP contribution is 2.19. The summed E-state index contributed by atoms with van der Waals surface area (Å²) in [6.45, 7) is 13.3. The average Bonchev–Trinajstić information content (AvgIpc) is 3.36. The van der Waals surface area contributed by atoms with Crippen molar-refractivity contribution in [3.63, 3.8) is 0 Å². The number of nitrogens with one attached hydrogen (secondary N) is 2. The normalized spacial score (nSPS) is 14.1. The summed E-state index contributed by atoms with van der Waals surface area (Å²) in [6.07, 6.45) is 5.80. The summed E-state index contributed by atoms with van der Waals surface area (Å²) < 4.78 is 1.80. The van der Waals surface area contributed by atoms with E-state index in [1.807, 2.05) is 50.4 Å². The van der Waals surface area contributed by atoms with Crippen molar-refractivity contribution >= 4 is 23.2 Å². The number of carbonyl (C=O) groups is 1. The second-order valence-electron chi connectivity index (χ2n) is 12.4. The largest absolute Gasteiger partial charge is 0.390 e. The van der Waals surface area contributed by atoms with E-state index >= 15 is 0 Å². The maximum absolute atomic E-state index is 13.1. The fourth-order valence-electron chi connectivity index (χ4n) is 4.92. The van der Waals surface area contributed by atoms with Crippen LogP contribution in [0, 0.1) is 25.7 Å². The number of anilines is 3. The summed E-state index contributed by atoms with van der Waals surface area (Å²) in [4.78, 5) is 26.7. The Hall–Kier alpha value is -4.56. The summed E-state index contributed by atoms with van der Waals surface area (Å²) in [5.74, 6) is 6.55. The van der Waals surface area contributed by atoms with Crippen LogP contribution in [0.15, 0.2) is 61.1 Å². The third kappa shape index (κ3) is 9.22. The van der Waals surface area contributed by atoms with Crippen molar-refractivity contribution in [2.45, 2.75) is 52.8 Å². The maximum Gasteiger partial charge on any atom is 0.255 e. The van der Waals surface area contributed by atoms with Gasteiger partial charge in [-0.05, 0) is 76.6 Å². The van der Waals surface area contributed by atoms with Gasteiger partial charge in [0.05, 0.1) is 22.5 Å². The molecule has 2 aromatic heterocycles. The Kier molecular flexibility index (Phi) is 9.93. The van der Waals surface area contributed by atoms with Crippen molar-refractivity contribution in [1.82, 2.24) is 29.5 Å². The molecule has 1 fully saturated rings. The monoisotopic (exact) mass is 606 g/mol. The number of aryl methyl sites for hydroxylation is 3. The lowest BCUT2D eigenvalue weighted by atomic mass is 10.0. The van der Waals surface area contributed by atoms with E-state index in [0.29, 0.717) is 30.0 Å². The maximum atomic E-state index is 13.1. The smallest absolute Gasteiger partial charge is 0.255 e. The third-order valence-electron chi connectivity index (χ3n) is 7.85. The molecule has 5 rings (SSSR count). The molecule has 0 radical (unpaired) electrons. The Morgan fingerprint density at radius 1 is 1.00 bits per heavy atom. The second kappa shape index (κ2) is 14.0. The Balaban J connectivity index is 1.18. The molecule has 1 aliphatic heterocycles. The van der Waals surface area contributed by atoms with Gasteiger partial charge in [0.25, 0.3) is 5.91 Å². The molecule has 3 heterocycles. The molecule has 0 atom stereocenters. The zero-order chi connectivity index (χ0) is 32.0. The lowest BCUT2D eigenvalue weighted by Crippen LogP contribution is -2.43. The van der Waals surface area contributed by atoms with E-state index in [-0.39, 0.29) is 5.91 Å². The number of aromatic nitrogens is 4. The Labute approximate surface area is 265 Å². The zero-order valence-electron chi connectivity index (χ0n) is 26.8. The Bertz CT molecular complexity index is 1670. The number of nitrogens with zero attached hydrogens (tertiary/aromatic N) is 6. The number of hydrogen-bond donors (Lipinski definition) is 3. The first-order chi connectivity index (χ1) is 21.5. The van der Waals surface area contributed by atoms with E-state index in [9.17, 15) is 9.90 Å². The van der Waals surface area contributed by atoms with E-state index in [2.05, 4.69) is 66.5 Å². The Morgan fingerprint density at radius 3 is 2.40 bits per heavy atom. The van der Waals surface area contributed by atoms with E-state index < -0.39 is 5.60 Å². The molecule has 1 aliphatic rings. The molecular formula is C35H42N8O2. The quantitative estimate of drug-likeness (QED) is 0.237. The minimum atomic E-state index is -0.753. The molecule has 3 N–H and O–H groups in total. The molecule has 0 spiro atoms. The summed E-state index contributed by atoms with van der Waals surface area (Å²) in [5, 5.41) is 20.7. The van der Waals surface area contributed by atoms with Gasteiger partial charge in [-0.25, -0.2) is 9.97 Å². The molecule has 0 bridgehead atoms. The standard InChI is InChI=1S/C35H42N8O2/c1-25-6-10-30(33(44)38-31-12-8-27(9-13-31)23-42-18-16-41(5)17-19-42)20-29(25)11-7-28-21-36-34(37-22-28)39-32-24-43(40-26(32)2)15-14-35(3,4)45/h6,8-10,12-13,20-22,24,45H,14-19,23H2,1-5H3,(H,38,44)(H,36,37,39). The van der Waals surface area contributed by atoms with Gasteiger partial charge in [0, 0.05) is 74.7 Å². The topological polar surface area (TPSA) is 111 Å². The van der Waals surface area contributed by atoms with Crippen LogP contribution >= 0.6 is 0 Å². The van der Waals surface area contributed by atoms with Gasteiger partial charge < -0.3 is 20.6 Å². The van der Waals surface area contributed by atoms with Crippen LogP contribution in [0.5, 0.6) is 0 Å². The fraction of sp³-hybridized carbons (Fsp3) is 0.371. The van der Waals surface area contributed by atoms with Gasteiger partial charge in [0.15, 0.2) is 0 Å². The van der Waals surface area contributed by atoms with Crippen LogP contribution in [-0.4, -0.2) is 79.4 Å². The number of piperazine rings is 1.